The third kappa shape index (κ3) is 4.28. The Morgan fingerprint density at radius 1 is 1.38 bits per heavy atom. The SMILES string of the molecule is CCC1CCN(S(=O)(=O)c2cc(CNC(C)C)cs2)CC1. The van der Waals surface area contributed by atoms with Crippen LogP contribution in [0.15, 0.2) is 15.7 Å². The first-order valence-electron chi connectivity index (χ1n) is 7.74. The van der Waals surface area contributed by atoms with Gasteiger partial charge < -0.3 is 5.32 Å². The molecule has 4 nitrogen and oxygen atoms in total. The summed E-state index contributed by atoms with van der Waals surface area (Å²) in [6, 6.07) is 2.22. The Morgan fingerprint density at radius 3 is 2.62 bits per heavy atom. The van der Waals surface area contributed by atoms with E-state index in [-0.39, 0.29) is 0 Å². The second-order valence-electron chi connectivity index (χ2n) is 6.07. The molecule has 1 aliphatic heterocycles. The van der Waals surface area contributed by atoms with E-state index in [1.165, 1.54) is 11.3 Å². The fourth-order valence-corrected chi connectivity index (χ4v) is 5.42. The van der Waals surface area contributed by atoms with Crippen molar-refractivity contribution >= 4 is 21.4 Å². The summed E-state index contributed by atoms with van der Waals surface area (Å²) in [4.78, 5) is 0. The van der Waals surface area contributed by atoms with E-state index >= 15 is 0 Å². The summed E-state index contributed by atoms with van der Waals surface area (Å²) in [6.07, 6.45) is 3.13. The lowest BCUT2D eigenvalue weighted by atomic mass is 9.96. The Hall–Kier alpha value is -0.430. The zero-order chi connectivity index (χ0) is 15.5. The molecule has 1 saturated heterocycles. The van der Waals surface area contributed by atoms with Crippen molar-refractivity contribution in [1.82, 2.24) is 9.62 Å². The normalized spacial score (nSPS) is 18.5. The van der Waals surface area contributed by atoms with Gasteiger partial charge in [-0.3, -0.25) is 0 Å². The molecule has 0 spiro atoms. The molecule has 120 valence electrons. The Balaban J connectivity index is 2.03. The molecular weight excluding hydrogens is 304 g/mol. The number of rotatable bonds is 6. The Bertz CT molecular complexity index is 544. The number of thiophene rings is 1. The number of piperidine rings is 1. The monoisotopic (exact) mass is 330 g/mol. The molecule has 0 aromatic carbocycles. The average Bonchev–Trinajstić information content (AvgIpc) is 2.95. The first-order chi connectivity index (χ1) is 9.93. The lowest BCUT2D eigenvalue weighted by molar-refractivity contribution is 0.269. The minimum Gasteiger partial charge on any atom is -0.310 e. The maximum absolute atomic E-state index is 12.6. The standard InChI is InChI=1S/C15H26N2O2S2/c1-4-13-5-7-17(8-6-13)21(18,19)15-9-14(11-20-15)10-16-12(2)3/h9,11-13,16H,4-8,10H2,1-3H3. The largest absolute Gasteiger partial charge is 0.310 e. The Kier molecular flexibility index (Phi) is 5.82. The highest BCUT2D eigenvalue weighted by Gasteiger charge is 2.29. The van der Waals surface area contributed by atoms with Crippen LogP contribution in [0.3, 0.4) is 0 Å². The van der Waals surface area contributed by atoms with Crippen molar-refractivity contribution in [3.63, 3.8) is 0 Å². The zero-order valence-corrected chi connectivity index (χ0v) is 14.8. The molecule has 1 N–H and O–H groups in total. The highest BCUT2D eigenvalue weighted by atomic mass is 32.2. The van der Waals surface area contributed by atoms with Crippen LogP contribution in [0, 0.1) is 5.92 Å². The van der Waals surface area contributed by atoms with Gasteiger partial charge in [-0.2, -0.15) is 4.31 Å². The molecule has 2 heterocycles. The van der Waals surface area contributed by atoms with E-state index in [9.17, 15) is 8.42 Å². The van der Waals surface area contributed by atoms with Crippen LogP contribution in [0.2, 0.25) is 0 Å². The molecule has 2 rings (SSSR count). The molecule has 0 radical (unpaired) electrons. The van der Waals surface area contributed by atoms with Gasteiger partial charge >= 0.3 is 0 Å². The average molecular weight is 331 g/mol. The third-order valence-electron chi connectivity index (χ3n) is 4.09. The molecule has 0 saturated carbocycles. The van der Waals surface area contributed by atoms with Crippen LogP contribution < -0.4 is 5.32 Å². The topological polar surface area (TPSA) is 49.4 Å². The second kappa shape index (κ2) is 7.22. The maximum atomic E-state index is 12.6. The van der Waals surface area contributed by atoms with Gasteiger partial charge in [0.15, 0.2) is 0 Å². The molecule has 0 bridgehead atoms. The van der Waals surface area contributed by atoms with Gasteiger partial charge in [0.2, 0.25) is 0 Å². The predicted octanol–water partition coefficient (Wildman–Crippen LogP) is 3.06. The minimum atomic E-state index is -3.29. The van der Waals surface area contributed by atoms with Crippen LogP contribution in [0.4, 0.5) is 0 Å². The van der Waals surface area contributed by atoms with E-state index in [4.69, 9.17) is 0 Å². The molecule has 0 atom stereocenters. The molecule has 1 aliphatic rings. The summed E-state index contributed by atoms with van der Waals surface area (Å²) in [5.74, 6) is 0.686. The summed E-state index contributed by atoms with van der Waals surface area (Å²) >= 11 is 1.34. The van der Waals surface area contributed by atoms with Gasteiger partial charge in [0.05, 0.1) is 0 Å². The lowest BCUT2D eigenvalue weighted by Crippen LogP contribution is -2.38. The first-order valence-corrected chi connectivity index (χ1v) is 10.1. The number of nitrogens with one attached hydrogen (secondary N) is 1. The van der Waals surface area contributed by atoms with Gasteiger partial charge in [-0.1, -0.05) is 27.2 Å². The molecule has 6 heteroatoms. The molecule has 1 fully saturated rings. The van der Waals surface area contributed by atoms with Crippen LogP contribution in [-0.2, 0) is 16.6 Å². The summed E-state index contributed by atoms with van der Waals surface area (Å²) in [5.41, 5.74) is 1.05. The van der Waals surface area contributed by atoms with E-state index < -0.39 is 10.0 Å². The van der Waals surface area contributed by atoms with E-state index in [0.717, 1.165) is 31.4 Å². The molecule has 0 aliphatic carbocycles. The molecular formula is C15H26N2O2S2. The Labute approximate surface area is 132 Å². The van der Waals surface area contributed by atoms with Crippen molar-refractivity contribution in [2.75, 3.05) is 13.1 Å². The molecule has 21 heavy (non-hydrogen) atoms. The van der Waals surface area contributed by atoms with Gasteiger partial charge in [0.1, 0.15) is 4.21 Å². The Morgan fingerprint density at radius 2 is 2.05 bits per heavy atom. The summed E-state index contributed by atoms with van der Waals surface area (Å²) in [6.45, 7) is 8.41. The molecule has 1 aromatic heterocycles. The van der Waals surface area contributed by atoms with Crippen molar-refractivity contribution in [2.45, 2.75) is 56.8 Å². The fourth-order valence-electron chi connectivity index (χ4n) is 2.59. The van der Waals surface area contributed by atoms with E-state index in [0.29, 0.717) is 29.3 Å². The van der Waals surface area contributed by atoms with Crippen molar-refractivity contribution < 1.29 is 8.42 Å². The summed E-state index contributed by atoms with van der Waals surface area (Å²) in [5, 5.41) is 5.26. The van der Waals surface area contributed by atoms with E-state index in [1.54, 1.807) is 4.31 Å². The van der Waals surface area contributed by atoms with Crippen molar-refractivity contribution in [2.24, 2.45) is 5.92 Å². The minimum absolute atomic E-state index is 0.401. The lowest BCUT2D eigenvalue weighted by Gasteiger charge is -2.30. The van der Waals surface area contributed by atoms with Gasteiger partial charge in [-0.15, -0.1) is 11.3 Å². The van der Waals surface area contributed by atoms with Crippen molar-refractivity contribution in [1.29, 1.82) is 0 Å². The van der Waals surface area contributed by atoms with Crippen LogP contribution in [0.5, 0.6) is 0 Å². The highest BCUT2D eigenvalue weighted by molar-refractivity contribution is 7.91. The first kappa shape index (κ1) is 16.9. The van der Waals surface area contributed by atoms with Gasteiger partial charge in [0, 0.05) is 25.7 Å². The molecule has 0 unspecified atom stereocenters. The summed E-state index contributed by atoms with van der Waals surface area (Å²) in [7, 11) is -3.29. The molecule has 1 aromatic rings. The highest BCUT2D eigenvalue weighted by Crippen LogP contribution is 2.28. The van der Waals surface area contributed by atoms with Crippen LogP contribution >= 0.6 is 11.3 Å². The number of sulfonamides is 1. The molecule has 0 amide bonds. The number of hydrogen-bond donors (Lipinski definition) is 1. The second-order valence-corrected chi connectivity index (χ2v) is 9.14. The number of hydrogen-bond acceptors (Lipinski definition) is 4. The van der Waals surface area contributed by atoms with Crippen molar-refractivity contribution in [3.8, 4) is 0 Å². The smallest absolute Gasteiger partial charge is 0.252 e. The van der Waals surface area contributed by atoms with Crippen LogP contribution in [0.1, 0.15) is 45.6 Å². The van der Waals surface area contributed by atoms with E-state index in [2.05, 4.69) is 26.1 Å². The quantitative estimate of drug-likeness (QED) is 0.872. The summed E-state index contributed by atoms with van der Waals surface area (Å²) < 4.78 is 27.4. The number of nitrogens with zero attached hydrogens (tertiary/aromatic N) is 1. The third-order valence-corrected chi connectivity index (χ3v) is 7.45. The maximum Gasteiger partial charge on any atom is 0.252 e. The van der Waals surface area contributed by atoms with Crippen molar-refractivity contribution in [3.05, 3.63) is 17.0 Å². The van der Waals surface area contributed by atoms with Gasteiger partial charge in [0.25, 0.3) is 10.0 Å². The van der Waals surface area contributed by atoms with E-state index in [1.807, 2.05) is 11.4 Å². The zero-order valence-electron chi connectivity index (χ0n) is 13.1. The van der Waals surface area contributed by atoms with Gasteiger partial charge in [-0.25, -0.2) is 8.42 Å². The predicted molar refractivity (Wildman–Crippen MR) is 88.1 cm³/mol. The van der Waals surface area contributed by atoms with Crippen LogP contribution in [-0.4, -0.2) is 31.9 Å². The fraction of sp³-hybridized carbons (Fsp3) is 0.733. The van der Waals surface area contributed by atoms with Crippen LogP contribution in [0.25, 0.3) is 0 Å². The van der Waals surface area contributed by atoms with Gasteiger partial charge in [-0.05, 0) is 35.8 Å².